The van der Waals surface area contributed by atoms with Gasteiger partial charge in [0, 0.05) is 23.7 Å². The molecule has 1 saturated heterocycles. The SMILES string of the molecule is CNCC1CCCN(C(=O)Cc2coc(-c3ccc(Cl)cc3)n2)C1. The summed E-state index contributed by atoms with van der Waals surface area (Å²) < 4.78 is 5.50. The molecule has 5 nitrogen and oxygen atoms in total. The molecular weight excluding hydrogens is 326 g/mol. The highest BCUT2D eigenvalue weighted by molar-refractivity contribution is 6.30. The first-order valence-corrected chi connectivity index (χ1v) is 8.66. The molecule has 6 heteroatoms. The molecule has 128 valence electrons. The first-order valence-electron chi connectivity index (χ1n) is 8.28. The molecule has 1 aliphatic rings. The lowest BCUT2D eigenvalue weighted by Crippen LogP contribution is -2.43. The van der Waals surface area contributed by atoms with Gasteiger partial charge in [0.05, 0.1) is 12.1 Å². The summed E-state index contributed by atoms with van der Waals surface area (Å²) in [6.07, 6.45) is 4.09. The minimum absolute atomic E-state index is 0.117. The highest BCUT2D eigenvalue weighted by atomic mass is 35.5. The summed E-state index contributed by atoms with van der Waals surface area (Å²) in [5, 5.41) is 3.87. The van der Waals surface area contributed by atoms with Crippen molar-refractivity contribution in [2.45, 2.75) is 19.3 Å². The maximum absolute atomic E-state index is 12.5. The van der Waals surface area contributed by atoms with E-state index in [1.807, 2.05) is 24.1 Å². The van der Waals surface area contributed by atoms with Gasteiger partial charge in [-0.1, -0.05) is 11.6 Å². The fourth-order valence-electron chi connectivity index (χ4n) is 3.13. The molecule has 1 fully saturated rings. The predicted molar refractivity (Wildman–Crippen MR) is 93.9 cm³/mol. The minimum Gasteiger partial charge on any atom is -0.444 e. The van der Waals surface area contributed by atoms with E-state index in [2.05, 4.69) is 10.3 Å². The molecule has 1 aromatic heterocycles. The number of hydrogen-bond acceptors (Lipinski definition) is 4. The zero-order chi connectivity index (χ0) is 16.9. The summed E-state index contributed by atoms with van der Waals surface area (Å²) in [4.78, 5) is 18.9. The van der Waals surface area contributed by atoms with E-state index >= 15 is 0 Å². The predicted octanol–water partition coefficient (Wildman–Crippen LogP) is 3.00. The topological polar surface area (TPSA) is 58.4 Å². The first-order chi connectivity index (χ1) is 11.7. The highest BCUT2D eigenvalue weighted by Gasteiger charge is 2.24. The molecule has 24 heavy (non-hydrogen) atoms. The van der Waals surface area contributed by atoms with Crippen LogP contribution in [0.15, 0.2) is 34.9 Å². The van der Waals surface area contributed by atoms with Crippen LogP contribution < -0.4 is 5.32 Å². The number of halogens is 1. The Bertz CT molecular complexity index is 682. The third kappa shape index (κ3) is 4.16. The number of nitrogens with one attached hydrogen (secondary N) is 1. The fourth-order valence-corrected chi connectivity index (χ4v) is 3.25. The van der Waals surface area contributed by atoms with Crippen LogP contribution in [-0.2, 0) is 11.2 Å². The number of piperidine rings is 1. The largest absolute Gasteiger partial charge is 0.444 e. The van der Waals surface area contributed by atoms with Gasteiger partial charge in [0.2, 0.25) is 11.8 Å². The maximum Gasteiger partial charge on any atom is 0.228 e. The Kier molecular flexibility index (Phi) is 5.53. The second-order valence-electron chi connectivity index (χ2n) is 6.23. The second kappa shape index (κ2) is 7.81. The van der Waals surface area contributed by atoms with Crippen LogP contribution in [-0.4, -0.2) is 42.5 Å². The van der Waals surface area contributed by atoms with Gasteiger partial charge >= 0.3 is 0 Å². The van der Waals surface area contributed by atoms with Crippen LogP contribution in [0.3, 0.4) is 0 Å². The van der Waals surface area contributed by atoms with Crippen molar-refractivity contribution in [3.8, 4) is 11.5 Å². The van der Waals surface area contributed by atoms with Crippen LogP contribution >= 0.6 is 11.6 Å². The Morgan fingerprint density at radius 2 is 2.21 bits per heavy atom. The van der Waals surface area contributed by atoms with Gasteiger partial charge in [-0.2, -0.15) is 0 Å². The molecule has 0 aliphatic carbocycles. The number of oxazole rings is 1. The lowest BCUT2D eigenvalue weighted by atomic mass is 9.97. The fraction of sp³-hybridized carbons (Fsp3) is 0.444. The number of likely N-dealkylation sites (tertiary alicyclic amines) is 1. The Labute approximate surface area is 147 Å². The second-order valence-corrected chi connectivity index (χ2v) is 6.67. The Morgan fingerprint density at radius 3 is 2.96 bits per heavy atom. The van der Waals surface area contributed by atoms with E-state index in [-0.39, 0.29) is 12.3 Å². The van der Waals surface area contributed by atoms with Gasteiger partial charge in [0.25, 0.3) is 0 Å². The average molecular weight is 348 g/mol. The summed E-state index contributed by atoms with van der Waals surface area (Å²) in [5.41, 5.74) is 1.52. The number of aromatic nitrogens is 1. The van der Waals surface area contributed by atoms with Gasteiger partial charge < -0.3 is 14.6 Å². The third-order valence-electron chi connectivity index (χ3n) is 4.34. The third-order valence-corrected chi connectivity index (χ3v) is 4.59. The molecule has 3 rings (SSSR count). The summed E-state index contributed by atoms with van der Waals surface area (Å²) in [6, 6.07) is 7.29. The van der Waals surface area contributed by atoms with Crippen LogP contribution in [0.5, 0.6) is 0 Å². The van der Waals surface area contributed by atoms with Crippen molar-refractivity contribution in [2.24, 2.45) is 5.92 Å². The van der Waals surface area contributed by atoms with Crippen molar-refractivity contribution in [3.63, 3.8) is 0 Å². The number of carbonyl (C=O) groups excluding carboxylic acids is 1. The van der Waals surface area contributed by atoms with Gasteiger partial charge in [0.1, 0.15) is 6.26 Å². The van der Waals surface area contributed by atoms with Crippen molar-refractivity contribution in [2.75, 3.05) is 26.7 Å². The number of amides is 1. The van der Waals surface area contributed by atoms with Crippen LogP contribution in [0.25, 0.3) is 11.5 Å². The molecule has 2 aromatic rings. The van der Waals surface area contributed by atoms with Gasteiger partial charge in [-0.15, -0.1) is 0 Å². The molecule has 1 unspecified atom stereocenters. The Balaban J connectivity index is 1.61. The molecule has 1 atom stereocenters. The summed E-state index contributed by atoms with van der Waals surface area (Å²) in [5.74, 6) is 1.17. The maximum atomic E-state index is 12.5. The molecule has 1 aliphatic heterocycles. The summed E-state index contributed by atoms with van der Waals surface area (Å²) in [7, 11) is 1.95. The Morgan fingerprint density at radius 1 is 1.42 bits per heavy atom. The minimum atomic E-state index is 0.117. The number of rotatable bonds is 5. The van der Waals surface area contributed by atoms with Crippen molar-refractivity contribution in [3.05, 3.63) is 41.2 Å². The van der Waals surface area contributed by atoms with E-state index in [9.17, 15) is 4.79 Å². The molecule has 0 radical (unpaired) electrons. The molecule has 1 amide bonds. The lowest BCUT2D eigenvalue weighted by Gasteiger charge is -2.32. The van der Waals surface area contributed by atoms with Crippen LogP contribution in [0.4, 0.5) is 0 Å². The average Bonchev–Trinajstić information content (AvgIpc) is 3.04. The first kappa shape index (κ1) is 17.0. The van der Waals surface area contributed by atoms with Gasteiger partial charge in [-0.25, -0.2) is 4.98 Å². The number of benzene rings is 1. The zero-order valence-corrected chi connectivity index (χ0v) is 14.6. The monoisotopic (exact) mass is 347 g/mol. The molecule has 1 N–H and O–H groups in total. The van der Waals surface area contributed by atoms with Crippen molar-refractivity contribution in [1.29, 1.82) is 0 Å². The van der Waals surface area contributed by atoms with Crippen LogP contribution in [0.2, 0.25) is 5.02 Å². The van der Waals surface area contributed by atoms with Gasteiger partial charge in [-0.3, -0.25) is 4.79 Å². The molecule has 2 heterocycles. The molecular formula is C18H22ClN3O2. The standard InChI is InChI=1S/C18H22ClN3O2/c1-20-10-13-3-2-8-22(11-13)17(23)9-16-12-24-18(21-16)14-4-6-15(19)7-5-14/h4-7,12-13,20H,2-3,8-11H2,1H3. The van der Waals surface area contributed by atoms with Crippen molar-refractivity contribution in [1.82, 2.24) is 15.2 Å². The lowest BCUT2D eigenvalue weighted by molar-refractivity contribution is -0.132. The Hall–Kier alpha value is -1.85. The van der Waals surface area contributed by atoms with E-state index in [0.717, 1.165) is 31.6 Å². The van der Waals surface area contributed by atoms with Crippen LogP contribution in [0, 0.1) is 5.92 Å². The van der Waals surface area contributed by atoms with Crippen molar-refractivity contribution >= 4 is 17.5 Å². The van der Waals surface area contributed by atoms with E-state index in [0.29, 0.717) is 22.5 Å². The van der Waals surface area contributed by atoms with E-state index in [1.54, 1.807) is 18.4 Å². The number of carbonyl (C=O) groups is 1. The quantitative estimate of drug-likeness (QED) is 0.903. The van der Waals surface area contributed by atoms with Gasteiger partial charge in [-0.05, 0) is 56.6 Å². The van der Waals surface area contributed by atoms with E-state index < -0.39 is 0 Å². The molecule has 0 bridgehead atoms. The van der Waals surface area contributed by atoms with Crippen molar-refractivity contribution < 1.29 is 9.21 Å². The molecule has 0 spiro atoms. The molecule has 1 aromatic carbocycles. The zero-order valence-electron chi connectivity index (χ0n) is 13.8. The van der Waals surface area contributed by atoms with E-state index in [1.165, 1.54) is 6.42 Å². The summed E-state index contributed by atoms with van der Waals surface area (Å²) >= 11 is 5.89. The highest BCUT2D eigenvalue weighted by Crippen LogP contribution is 2.22. The normalized spacial score (nSPS) is 17.9. The van der Waals surface area contributed by atoms with Gasteiger partial charge in [0.15, 0.2) is 0 Å². The molecule has 0 saturated carbocycles. The number of nitrogens with zero attached hydrogens (tertiary/aromatic N) is 2. The number of hydrogen-bond donors (Lipinski definition) is 1. The smallest absolute Gasteiger partial charge is 0.228 e. The summed E-state index contributed by atoms with van der Waals surface area (Å²) in [6.45, 7) is 2.61. The van der Waals surface area contributed by atoms with E-state index in [4.69, 9.17) is 16.0 Å². The van der Waals surface area contributed by atoms with Crippen LogP contribution in [0.1, 0.15) is 18.5 Å².